The molecule has 1 fully saturated rings. The molecule has 1 saturated heterocycles. The van der Waals surface area contributed by atoms with Crippen molar-refractivity contribution >= 4 is 33.1 Å². The van der Waals surface area contributed by atoms with Gasteiger partial charge in [-0.25, -0.2) is 4.79 Å². The minimum Gasteiger partial charge on any atom is -0.465 e. The molecule has 1 aliphatic heterocycles. The predicted octanol–water partition coefficient (Wildman–Crippen LogP) is 2.52. The average molecular weight is 277 g/mol. The summed E-state index contributed by atoms with van der Waals surface area (Å²) in [7, 11) is 1.41. The van der Waals surface area contributed by atoms with Crippen LogP contribution in [-0.2, 0) is 9.47 Å². The van der Waals surface area contributed by atoms with Crippen LogP contribution >= 0.6 is 11.3 Å². The number of anilines is 1. The largest absolute Gasteiger partial charge is 0.465 e. The van der Waals surface area contributed by atoms with Crippen LogP contribution < -0.4 is 4.90 Å². The van der Waals surface area contributed by atoms with E-state index in [1.54, 1.807) is 0 Å². The number of carbonyl (C=O) groups is 1. The molecule has 1 aromatic carbocycles. The molecule has 2 aromatic rings. The van der Waals surface area contributed by atoms with Crippen molar-refractivity contribution in [2.75, 3.05) is 38.3 Å². The van der Waals surface area contributed by atoms with Crippen molar-refractivity contribution < 1.29 is 14.3 Å². The van der Waals surface area contributed by atoms with E-state index in [-0.39, 0.29) is 5.97 Å². The summed E-state index contributed by atoms with van der Waals surface area (Å²) in [6.07, 6.45) is 0. The highest BCUT2D eigenvalue weighted by atomic mass is 32.1. The second-order valence-corrected chi connectivity index (χ2v) is 5.45. The number of rotatable bonds is 2. The van der Waals surface area contributed by atoms with E-state index in [1.807, 2.05) is 18.2 Å². The number of ether oxygens (including phenoxy) is 2. The van der Waals surface area contributed by atoms with Gasteiger partial charge in [-0.05, 0) is 17.5 Å². The van der Waals surface area contributed by atoms with Gasteiger partial charge in [0.05, 0.1) is 30.7 Å². The second kappa shape index (κ2) is 5.19. The highest BCUT2D eigenvalue weighted by Gasteiger charge is 2.17. The topological polar surface area (TPSA) is 38.8 Å². The SMILES string of the molecule is COC(=O)c1cc2cccc(N3CCOCC3)c2s1. The fourth-order valence-electron chi connectivity index (χ4n) is 2.30. The Morgan fingerprint density at radius 2 is 2.16 bits per heavy atom. The Morgan fingerprint density at radius 1 is 1.37 bits per heavy atom. The van der Waals surface area contributed by atoms with Crippen LogP contribution in [0.1, 0.15) is 9.67 Å². The van der Waals surface area contributed by atoms with Crippen molar-refractivity contribution in [2.24, 2.45) is 0 Å². The van der Waals surface area contributed by atoms with Crippen LogP contribution in [-0.4, -0.2) is 39.4 Å². The van der Waals surface area contributed by atoms with Gasteiger partial charge in [0.25, 0.3) is 0 Å². The maximum Gasteiger partial charge on any atom is 0.348 e. The maximum atomic E-state index is 11.6. The zero-order chi connectivity index (χ0) is 13.2. The number of nitrogens with zero attached hydrogens (tertiary/aromatic N) is 1. The van der Waals surface area contributed by atoms with E-state index in [4.69, 9.17) is 9.47 Å². The number of methoxy groups -OCH3 is 1. The highest BCUT2D eigenvalue weighted by Crippen LogP contribution is 2.34. The average Bonchev–Trinajstić information content (AvgIpc) is 2.91. The van der Waals surface area contributed by atoms with Crippen molar-refractivity contribution in [1.29, 1.82) is 0 Å². The summed E-state index contributed by atoms with van der Waals surface area (Å²) < 4.78 is 11.3. The summed E-state index contributed by atoms with van der Waals surface area (Å²) in [5.74, 6) is -0.269. The van der Waals surface area contributed by atoms with E-state index in [0.717, 1.165) is 36.4 Å². The number of hydrogen-bond acceptors (Lipinski definition) is 5. The Balaban J connectivity index is 2.04. The van der Waals surface area contributed by atoms with Gasteiger partial charge in [-0.1, -0.05) is 12.1 Å². The van der Waals surface area contributed by atoms with Crippen LogP contribution in [0.4, 0.5) is 5.69 Å². The Morgan fingerprint density at radius 3 is 2.89 bits per heavy atom. The highest BCUT2D eigenvalue weighted by molar-refractivity contribution is 7.21. The molecule has 0 aliphatic carbocycles. The molecule has 0 N–H and O–H groups in total. The molecule has 100 valence electrons. The van der Waals surface area contributed by atoms with Crippen molar-refractivity contribution in [3.8, 4) is 0 Å². The molecule has 0 atom stereocenters. The lowest BCUT2D eigenvalue weighted by atomic mass is 10.2. The van der Waals surface area contributed by atoms with Gasteiger partial charge in [0, 0.05) is 13.1 Å². The van der Waals surface area contributed by atoms with Crippen LogP contribution in [0, 0.1) is 0 Å². The van der Waals surface area contributed by atoms with E-state index in [9.17, 15) is 4.79 Å². The lowest BCUT2D eigenvalue weighted by Gasteiger charge is -2.29. The van der Waals surface area contributed by atoms with Gasteiger partial charge >= 0.3 is 5.97 Å². The van der Waals surface area contributed by atoms with Crippen LogP contribution in [0.15, 0.2) is 24.3 Å². The summed E-state index contributed by atoms with van der Waals surface area (Å²) >= 11 is 1.49. The monoisotopic (exact) mass is 277 g/mol. The standard InChI is InChI=1S/C14H15NO3S/c1-17-14(16)12-9-10-3-2-4-11(13(10)19-12)15-5-7-18-8-6-15/h2-4,9H,5-8H2,1H3. The molecular formula is C14H15NO3S. The molecule has 5 heteroatoms. The summed E-state index contributed by atoms with van der Waals surface area (Å²) in [6.45, 7) is 3.30. The number of benzene rings is 1. The first-order valence-electron chi connectivity index (χ1n) is 6.23. The number of carbonyl (C=O) groups excluding carboxylic acids is 1. The Labute approximate surface area is 115 Å². The van der Waals surface area contributed by atoms with Crippen LogP contribution in [0.3, 0.4) is 0 Å². The van der Waals surface area contributed by atoms with Gasteiger partial charge in [-0.3, -0.25) is 0 Å². The Kier molecular flexibility index (Phi) is 3.40. The number of morpholine rings is 1. The van der Waals surface area contributed by atoms with Gasteiger partial charge in [-0.15, -0.1) is 11.3 Å². The number of fused-ring (bicyclic) bond motifs is 1. The summed E-state index contributed by atoms with van der Waals surface area (Å²) in [5.41, 5.74) is 1.18. The third kappa shape index (κ3) is 2.31. The van der Waals surface area contributed by atoms with Gasteiger partial charge in [0.2, 0.25) is 0 Å². The number of esters is 1. The minimum atomic E-state index is -0.269. The molecule has 2 heterocycles. The lowest BCUT2D eigenvalue weighted by Crippen LogP contribution is -2.36. The zero-order valence-corrected chi connectivity index (χ0v) is 11.5. The first-order chi connectivity index (χ1) is 9.29. The Hall–Kier alpha value is -1.59. The third-order valence-electron chi connectivity index (χ3n) is 3.26. The van der Waals surface area contributed by atoms with Gasteiger partial charge in [0.1, 0.15) is 4.88 Å². The number of thiophene rings is 1. The van der Waals surface area contributed by atoms with Crippen molar-refractivity contribution in [3.05, 3.63) is 29.1 Å². The van der Waals surface area contributed by atoms with Crippen molar-refractivity contribution in [3.63, 3.8) is 0 Å². The lowest BCUT2D eigenvalue weighted by molar-refractivity contribution is 0.0606. The molecule has 4 nitrogen and oxygen atoms in total. The third-order valence-corrected chi connectivity index (χ3v) is 4.42. The molecular weight excluding hydrogens is 262 g/mol. The second-order valence-electron chi connectivity index (χ2n) is 4.40. The van der Waals surface area contributed by atoms with E-state index in [0.29, 0.717) is 4.88 Å². The van der Waals surface area contributed by atoms with E-state index in [2.05, 4.69) is 11.0 Å². The summed E-state index contributed by atoms with van der Waals surface area (Å²) in [6, 6.07) is 8.06. The molecule has 19 heavy (non-hydrogen) atoms. The molecule has 0 radical (unpaired) electrons. The smallest absolute Gasteiger partial charge is 0.348 e. The van der Waals surface area contributed by atoms with Gasteiger partial charge < -0.3 is 14.4 Å². The fourth-order valence-corrected chi connectivity index (χ4v) is 3.42. The Bertz CT molecular complexity index is 602. The molecule has 1 aliphatic rings. The molecule has 0 amide bonds. The summed E-state index contributed by atoms with van der Waals surface area (Å²) in [4.78, 5) is 14.6. The fraction of sp³-hybridized carbons (Fsp3) is 0.357. The summed E-state index contributed by atoms with van der Waals surface area (Å²) in [5, 5.41) is 1.09. The molecule has 0 bridgehead atoms. The van der Waals surface area contributed by atoms with Crippen LogP contribution in [0.5, 0.6) is 0 Å². The predicted molar refractivity (Wildman–Crippen MR) is 76.2 cm³/mol. The van der Waals surface area contributed by atoms with E-state index >= 15 is 0 Å². The van der Waals surface area contributed by atoms with Gasteiger partial charge in [-0.2, -0.15) is 0 Å². The zero-order valence-electron chi connectivity index (χ0n) is 10.7. The van der Waals surface area contributed by atoms with Gasteiger partial charge in [0.15, 0.2) is 0 Å². The van der Waals surface area contributed by atoms with Crippen LogP contribution in [0.2, 0.25) is 0 Å². The molecule has 1 aromatic heterocycles. The molecule has 3 rings (SSSR count). The van der Waals surface area contributed by atoms with Crippen molar-refractivity contribution in [1.82, 2.24) is 0 Å². The molecule has 0 saturated carbocycles. The first-order valence-corrected chi connectivity index (χ1v) is 7.05. The molecule has 0 unspecified atom stereocenters. The number of hydrogen-bond donors (Lipinski definition) is 0. The maximum absolute atomic E-state index is 11.6. The normalized spacial score (nSPS) is 15.7. The van der Waals surface area contributed by atoms with E-state index < -0.39 is 0 Å². The van der Waals surface area contributed by atoms with Crippen LogP contribution in [0.25, 0.3) is 10.1 Å². The quantitative estimate of drug-likeness (QED) is 0.791. The first kappa shape index (κ1) is 12.4. The molecule has 0 spiro atoms. The minimum absolute atomic E-state index is 0.269. The van der Waals surface area contributed by atoms with Crippen molar-refractivity contribution in [2.45, 2.75) is 0 Å². The van der Waals surface area contributed by atoms with E-state index in [1.165, 1.54) is 24.1 Å².